The third-order valence-corrected chi connectivity index (χ3v) is 3.70. The minimum atomic E-state index is -0.740. The summed E-state index contributed by atoms with van der Waals surface area (Å²) in [5.41, 5.74) is 0.623. The summed E-state index contributed by atoms with van der Waals surface area (Å²) >= 11 is 2.07. The second-order valence-corrected chi connectivity index (χ2v) is 7.74. The molecule has 2 rings (SSSR count). The molecule has 1 aromatic heterocycles. The smallest absolute Gasteiger partial charge is 0.412 e. The molecule has 0 atom stereocenters. The largest absolute Gasteiger partial charge is 0.456 e. The summed E-state index contributed by atoms with van der Waals surface area (Å²) in [5, 5.41) is 2.46. The second kappa shape index (κ2) is 9.50. The maximum Gasteiger partial charge on any atom is 0.412 e. The van der Waals surface area contributed by atoms with Gasteiger partial charge in [0.05, 0.1) is 5.69 Å². The van der Waals surface area contributed by atoms with Crippen molar-refractivity contribution < 1.29 is 19.1 Å². The number of carbonyl (C=O) groups is 2. The first-order valence-electron chi connectivity index (χ1n) is 8.28. The van der Waals surface area contributed by atoms with Crippen molar-refractivity contribution >= 4 is 40.7 Å². The highest BCUT2D eigenvalue weighted by molar-refractivity contribution is 14.1. The Balaban J connectivity index is 2.17. The molecule has 0 saturated heterocycles. The molecular formula is C20H21IN2O4. The highest BCUT2D eigenvalue weighted by Gasteiger charge is 2.21. The van der Waals surface area contributed by atoms with E-state index in [0.29, 0.717) is 5.69 Å². The van der Waals surface area contributed by atoms with Crippen LogP contribution in [0.3, 0.4) is 0 Å². The highest BCUT2D eigenvalue weighted by Crippen LogP contribution is 2.11. The summed E-state index contributed by atoms with van der Waals surface area (Å²) in [6.45, 7) is 5.31. The Bertz CT molecular complexity index is 829. The number of aromatic nitrogens is 1. The average molecular weight is 480 g/mol. The highest BCUT2D eigenvalue weighted by atomic mass is 127. The number of nitrogens with one attached hydrogen (secondary N) is 1. The quantitative estimate of drug-likeness (QED) is 0.299. The fourth-order valence-electron chi connectivity index (χ4n) is 2.01. The zero-order valence-electron chi connectivity index (χ0n) is 15.4. The molecule has 1 aromatic carbocycles. The van der Waals surface area contributed by atoms with Gasteiger partial charge in [0, 0.05) is 0 Å². The summed E-state index contributed by atoms with van der Waals surface area (Å²) in [6.07, 6.45) is 0.718. The molecule has 2 aromatic rings. The fourth-order valence-corrected chi connectivity index (χ4v) is 2.50. The SMILES string of the molecule is CC(C)(C)OC(=O)N/C(=C\c1cccc(I)n1)C(=O)OCc1ccccc1. The number of hydrogen-bond donors (Lipinski definition) is 1. The molecule has 1 amide bonds. The van der Waals surface area contributed by atoms with E-state index in [2.05, 4.69) is 32.9 Å². The lowest BCUT2D eigenvalue weighted by Gasteiger charge is -2.20. The number of esters is 1. The van der Waals surface area contributed by atoms with Crippen molar-refractivity contribution in [3.05, 3.63) is 69.2 Å². The molecule has 142 valence electrons. The van der Waals surface area contributed by atoms with E-state index in [1.807, 2.05) is 36.4 Å². The predicted molar refractivity (Wildman–Crippen MR) is 111 cm³/mol. The molecule has 1 N–H and O–H groups in total. The lowest BCUT2D eigenvalue weighted by atomic mass is 10.2. The maximum absolute atomic E-state index is 12.5. The van der Waals surface area contributed by atoms with Gasteiger partial charge in [-0.25, -0.2) is 14.6 Å². The van der Waals surface area contributed by atoms with Crippen molar-refractivity contribution in [1.29, 1.82) is 0 Å². The van der Waals surface area contributed by atoms with Crippen LogP contribution in [0.1, 0.15) is 32.0 Å². The van der Waals surface area contributed by atoms with E-state index in [1.54, 1.807) is 32.9 Å². The Morgan fingerprint density at radius 3 is 2.44 bits per heavy atom. The topological polar surface area (TPSA) is 77.5 Å². The summed E-state index contributed by atoms with van der Waals surface area (Å²) in [6, 6.07) is 14.6. The van der Waals surface area contributed by atoms with Gasteiger partial charge in [0.25, 0.3) is 0 Å². The average Bonchev–Trinajstić information content (AvgIpc) is 2.58. The standard InChI is InChI=1S/C20H21IN2O4/c1-20(2,3)27-19(25)23-16(12-15-10-7-11-17(21)22-15)18(24)26-13-14-8-5-4-6-9-14/h4-12H,13H2,1-3H3,(H,23,25)/b16-12-. The van der Waals surface area contributed by atoms with Crippen LogP contribution in [0.15, 0.2) is 54.2 Å². The second-order valence-electron chi connectivity index (χ2n) is 6.63. The van der Waals surface area contributed by atoms with Gasteiger partial charge < -0.3 is 9.47 Å². The van der Waals surface area contributed by atoms with Gasteiger partial charge in [0.1, 0.15) is 21.6 Å². The van der Waals surface area contributed by atoms with Gasteiger partial charge >= 0.3 is 12.1 Å². The van der Waals surface area contributed by atoms with Crippen LogP contribution in [-0.2, 0) is 20.9 Å². The van der Waals surface area contributed by atoms with E-state index in [-0.39, 0.29) is 12.3 Å². The van der Waals surface area contributed by atoms with Crippen molar-refractivity contribution in [1.82, 2.24) is 10.3 Å². The van der Waals surface area contributed by atoms with E-state index >= 15 is 0 Å². The van der Waals surface area contributed by atoms with Crippen molar-refractivity contribution in [2.24, 2.45) is 0 Å². The third kappa shape index (κ3) is 7.78. The minimum Gasteiger partial charge on any atom is -0.456 e. The van der Waals surface area contributed by atoms with Crippen molar-refractivity contribution in [2.75, 3.05) is 0 Å². The zero-order chi connectivity index (χ0) is 19.9. The first-order valence-corrected chi connectivity index (χ1v) is 9.36. The van der Waals surface area contributed by atoms with E-state index in [1.165, 1.54) is 6.08 Å². The molecule has 0 spiro atoms. The molecule has 27 heavy (non-hydrogen) atoms. The van der Waals surface area contributed by atoms with Gasteiger partial charge in [0.15, 0.2) is 0 Å². The summed E-state index contributed by atoms with van der Waals surface area (Å²) in [4.78, 5) is 28.9. The fraction of sp³-hybridized carbons (Fsp3) is 0.250. The van der Waals surface area contributed by atoms with Gasteiger partial charge in [-0.15, -0.1) is 0 Å². The number of rotatable bonds is 5. The van der Waals surface area contributed by atoms with E-state index in [4.69, 9.17) is 9.47 Å². The first-order chi connectivity index (χ1) is 12.7. The monoisotopic (exact) mass is 480 g/mol. The van der Waals surface area contributed by atoms with E-state index < -0.39 is 17.7 Å². The lowest BCUT2D eigenvalue weighted by molar-refractivity contribution is -0.140. The van der Waals surface area contributed by atoms with Crippen molar-refractivity contribution in [3.8, 4) is 0 Å². The molecule has 0 bridgehead atoms. The third-order valence-electron chi connectivity index (χ3n) is 3.10. The number of pyridine rings is 1. The first kappa shape index (κ1) is 20.9. The zero-order valence-corrected chi connectivity index (χ0v) is 17.5. The predicted octanol–water partition coefficient (Wildman–Crippen LogP) is 4.30. The molecule has 0 saturated carbocycles. The summed E-state index contributed by atoms with van der Waals surface area (Å²) < 4.78 is 11.3. The minimum absolute atomic E-state index is 0.0466. The number of hydrogen-bond acceptors (Lipinski definition) is 5. The van der Waals surface area contributed by atoms with Gasteiger partial charge in [-0.1, -0.05) is 36.4 Å². The Labute approximate surface area is 172 Å². The lowest BCUT2D eigenvalue weighted by Crippen LogP contribution is -2.34. The van der Waals surface area contributed by atoms with Gasteiger partial charge in [0.2, 0.25) is 0 Å². The van der Waals surface area contributed by atoms with Crippen molar-refractivity contribution in [3.63, 3.8) is 0 Å². The number of nitrogens with zero attached hydrogens (tertiary/aromatic N) is 1. The Morgan fingerprint density at radius 1 is 1.11 bits per heavy atom. The number of halogens is 1. The normalized spacial score (nSPS) is 11.6. The molecule has 0 aliphatic rings. The van der Waals surface area contributed by atoms with E-state index in [9.17, 15) is 9.59 Å². The summed E-state index contributed by atoms with van der Waals surface area (Å²) in [7, 11) is 0. The molecule has 0 radical (unpaired) electrons. The number of alkyl carbamates (subject to hydrolysis) is 1. The van der Waals surface area contributed by atoms with Crippen molar-refractivity contribution in [2.45, 2.75) is 33.0 Å². The van der Waals surface area contributed by atoms with Crippen LogP contribution in [0.25, 0.3) is 6.08 Å². The number of benzene rings is 1. The molecule has 7 heteroatoms. The van der Waals surface area contributed by atoms with Crippen LogP contribution in [0.4, 0.5) is 4.79 Å². The van der Waals surface area contributed by atoms with Gasteiger partial charge in [-0.05, 0) is 67.1 Å². The maximum atomic E-state index is 12.5. The molecule has 0 aliphatic carbocycles. The molecule has 1 heterocycles. The molecule has 0 unspecified atom stereocenters. The van der Waals surface area contributed by atoms with Crippen LogP contribution in [0, 0.1) is 3.70 Å². The van der Waals surface area contributed by atoms with Crippen LogP contribution in [-0.4, -0.2) is 22.6 Å². The van der Waals surface area contributed by atoms with E-state index in [0.717, 1.165) is 9.26 Å². The number of amides is 1. The van der Waals surface area contributed by atoms with Crippen LogP contribution >= 0.6 is 22.6 Å². The molecule has 0 fully saturated rings. The van der Waals surface area contributed by atoms with Crippen LogP contribution in [0.5, 0.6) is 0 Å². The van der Waals surface area contributed by atoms with Crippen LogP contribution < -0.4 is 5.32 Å². The summed E-state index contributed by atoms with van der Waals surface area (Å²) in [5.74, 6) is -0.676. The van der Waals surface area contributed by atoms with Gasteiger partial charge in [-0.2, -0.15) is 0 Å². The molecule has 6 nitrogen and oxygen atoms in total. The Kier molecular flexibility index (Phi) is 7.35. The number of carbonyl (C=O) groups excluding carboxylic acids is 2. The Hall–Kier alpha value is -2.42. The Morgan fingerprint density at radius 2 is 1.81 bits per heavy atom. The molecular weight excluding hydrogens is 459 g/mol. The van der Waals surface area contributed by atoms with Crippen LogP contribution in [0.2, 0.25) is 0 Å². The van der Waals surface area contributed by atoms with Gasteiger partial charge in [-0.3, -0.25) is 5.32 Å². The number of ether oxygens (including phenoxy) is 2. The molecule has 0 aliphatic heterocycles.